The largest absolute Gasteiger partial charge is 0.497 e. The van der Waals surface area contributed by atoms with Gasteiger partial charge >= 0.3 is 0 Å². The molecule has 0 spiro atoms. The highest BCUT2D eigenvalue weighted by molar-refractivity contribution is 5.91. The first kappa shape index (κ1) is 21.8. The van der Waals surface area contributed by atoms with Crippen LogP contribution in [0.4, 0.5) is 11.5 Å². The van der Waals surface area contributed by atoms with E-state index in [1.807, 2.05) is 60.7 Å². The molecule has 1 N–H and O–H groups in total. The lowest BCUT2D eigenvalue weighted by Gasteiger charge is -2.20. The number of ether oxygens (including phenoxy) is 1. The zero-order valence-electron chi connectivity index (χ0n) is 18.6. The van der Waals surface area contributed by atoms with Crippen LogP contribution in [-0.2, 0) is 11.2 Å². The zero-order chi connectivity index (χ0) is 22.2. The Bertz CT molecular complexity index is 1010. The van der Waals surface area contributed by atoms with E-state index in [1.165, 1.54) is 25.7 Å². The molecule has 1 aromatic heterocycles. The van der Waals surface area contributed by atoms with Crippen LogP contribution >= 0.6 is 0 Å². The molecule has 1 aliphatic rings. The van der Waals surface area contributed by atoms with Crippen LogP contribution in [0.25, 0.3) is 11.3 Å². The highest BCUT2D eigenvalue weighted by atomic mass is 16.5. The number of hydrogen-bond acceptors (Lipinski definition) is 5. The Kier molecular flexibility index (Phi) is 7.33. The molecule has 0 saturated carbocycles. The van der Waals surface area contributed by atoms with E-state index >= 15 is 0 Å². The summed E-state index contributed by atoms with van der Waals surface area (Å²) < 4.78 is 5.17. The molecule has 6 nitrogen and oxygen atoms in total. The van der Waals surface area contributed by atoms with Gasteiger partial charge in [0.15, 0.2) is 5.82 Å². The van der Waals surface area contributed by atoms with Gasteiger partial charge in [-0.3, -0.25) is 4.79 Å². The van der Waals surface area contributed by atoms with Gasteiger partial charge in [-0.25, -0.2) is 0 Å². The van der Waals surface area contributed by atoms with Crippen molar-refractivity contribution in [3.63, 3.8) is 0 Å². The maximum Gasteiger partial charge on any atom is 0.224 e. The first-order valence-electron chi connectivity index (χ1n) is 11.3. The lowest BCUT2D eigenvalue weighted by molar-refractivity contribution is -0.116. The number of hydrogen-bond donors (Lipinski definition) is 1. The van der Waals surface area contributed by atoms with E-state index in [2.05, 4.69) is 20.4 Å². The summed E-state index contributed by atoms with van der Waals surface area (Å²) in [5.41, 5.74) is 3.61. The Labute approximate surface area is 189 Å². The SMILES string of the molecule is COc1ccc(CCC(=O)Nc2cccc(-c3ccc(N4CCCCCC4)nn3)c2)cc1. The van der Waals surface area contributed by atoms with Crippen LogP contribution in [0, 0.1) is 0 Å². The van der Waals surface area contributed by atoms with Crippen LogP contribution in [0.1, 0.15) is 37.7 Å². The number of anilines is 2. The second-order valence-corrected chi connectivity index (χ2v) is 8.16. The summed E-state index contributed by atoms with van der Waals surface area (Å²) in [6.45, 7) is 2.10. The summed E-state index contributed by atoms with van der Waals surface area (Å²) in [6.07, 6.45) is 6.11. The Hall–Kier alpha value is -3.41. The molecular formula is C26H30N4O2. The molecule has 1 aliphatic heterocycles. The highest BCUT2D eigenvalue weighted by Crippen LogP contribution is 2.23. The molecule has 1 amide bonds. The number of nitrogens with one attached hydrogen (secondary N) is 1. The first-order valence-corrected chi connectivity index (χ1v) is 11.3. The number of benzene rings is 2. The maximum atomic E-state index is 12.4. The van der Waals surface area contributed by atoms with Crippen LogP contribution in [0.5, 0.6) is 5.75 Å². The molecule has 0 unspecified atom stereocenters. The minimum Gasteiger partial charge on any atom is -0.497 e. The van der Waals surface area contributed by atoms with Gasteiger partial charge in [-0.15, -0.1) is 10.2 Å². The maximum absolute atomic E-state index is 12.4. The van der Waals surface area contributed by atoms with Crippen molar-refractivity contribution < 1.29 is 9.53 Å². The molecule has 0 radical (unpaired) electrons. The van der Waals surface area contributed by atoms with Gasteiger partial charge in [0.1, 0.15) is 5.75 Å². The van der Waals surface area contributed by atoms with Crippen LogP contribution in [-0.4, -0.2) is 36.3 Å². The molecule has 4 rings (SSSR count). The number of amides is 1. The van der Waals surface area contributed by atoms with E-state index in [0.717, 1.165) is 47.2 Å². The van der Waals surface area contributed by atoms with Crippen molar-refractivity contribution in [2.75, 3.05) is 30.4 Å². The average Bonchev–Trinajstić information content (AvgIpc) is 3.13. The van der Waals surface area contributed by atoms with Gasteiger partial charge in [0.2, 0.25) is 5.91 Å². The van der Waals surface area contributed by atoms with Gasteiger partial charge in [-0.05, 0) is 61.2 Å². The monoisotopic (exact) mass is 430 g/mol. The minimum absolute atomic E-state index is 0.0134. The quantitative estimate of drug-likeness (QED) is 0.565. The molecule has 2 heterocycles. The standard InChI is InChI=1S/C26H30N4O2/c1-32-23-12-9-20(10-13-23)11-16-26(31)27-22-8-6-7-21(19-22)24-14-15-25(29-28-24)30-17-4-2-3-5-18-30/h6-10,12-15,19H,2-5,11,16-18H2,1H3,(H,27,31). The Morgan fingerprint density at radius 1 is 0.969 bits per heavy atom. The van der Waals surface area contributed by atoms with Gasteiger partial charge < -0.3 is 15.0 Å². The number of carbonyl (C=O) groups is 1. The molecule has 166 valence electrons. The van der Waals surface area contributed by atoms with Gasteiger partial charge in [-0.2, -0.15) is 0 Å². The molecule has 1 fully saturated rings. The summed E-state index contributed by atoms with van der Waals surface area (Å²) in [5, 5.41) is 11.9. The van der Waals surface area contributed by atoms with Gasteiger partial charge in [-0.1, -0.05) is 37.1 Å². The summed E-state index contributed by atoms with van der Waals surface area (Å²) in [7, 11) is 1.65. The first-order chi connectivity index (χ1) is 15.7. The molecule has 1 saturated heterocycles. The van der Waals surface area contributed by atoms with E-state index in [0.29, 0.717) is 12.8 Å². The van der Waals surface area contributed by atoms with Crippen LogP contribution in [0.15, 0.2) is 60.7 Å². The molecular weight excluding hydrogens is 400 g/mol. The second kappa shape index (κ2) is 10.8. The number of methoxy groups -OCH3 is 1. The predicted molar refractivity (Wildman–Crippen MR) is 128 cm³/mol. The molecule has 3 aromatic rings. The van der Waals surface area contributed by atoms with E-state index in [-0.39, 0.29) is 5.91 Å². The third kappa shape index (κ3) is 5.84. The fourth-order valence-corrected chi connectivity index (χ4v) is 3.98. The van der Waals surface area contributed by atoms with Crippen molar-refractivity contribution in [1.29, 1.82) is 0 Å². The Morgan fingerprint density at radius 2 is 1.75 bits per heavy atom. The van der Waals surface area contributed by atoms with Crippen molar-refractivity contribution in [3.8, 4) is 17.0 Å². The van der Waals surface area contributed by atoms with E-state index in [9.17, 15) is 4.79 Å². The summed E-state index contributed by atoms with van der Waals surface area (Å²) in [4.78, 5) is 14.8. The number of nitrogens with zero attached hydrogens (tertiary/aromatic N) is 3. The highest BCUT2D eigenvalue weighted by Gasteiger charge is 2.12. The predicted octanol–water partition coefficient (Wildman–Crippen LogP) is 5.10. The molecule has 32 heavy (non-hydrogen) atoms. The lowest BCUT2D eigenvalue weighted by atomic mass is 10.1. The van der Waals surface area contributed by atoms with Crippen molar-refractivity contribution in [1.82, 2.24) is 10.2 Å². The Balaban J connectivity index is 1.35. The lowest BCUT2D eigenvalue weighted by Crippen LogP contribution is -2.25. The fourth-order valence-electron chi connectivity index (χ4n) is 3.98. The van der Waals surface area contributed by atoms with Crippen molar-refractivity contribution in [3.05, 3.63) is 66.2 Å². The number of aromatic nitrogens is 2. The smallest absolute Gasteiger partial charge is 0.224 e. The van der Waals surface area contributed by atoms with Crippen molar-refractivity contribution in [2.24, 2.45) is 0 Å². The van der Waals surface area contributed by atoms with E-state index < -0.39 is 0 Å². The van der Waals surface area contributed by atoms with Crippen molar-refractivity contribution >= 4 is 17.4 Å². The number of rotatable bonds is 7. The molecule has 0 atom stereocenters. The number of carbonyl (C=O) groups excluding carboxylic acids is 1. The topological polar surface area (TPSA) is 67.3 Å². The fraction of sp³-hybridized carbons (Fsp3) is 0.346. The molecule has 0 aliphatic carbocycles. The van der Waals surface area contributed by atoms with Crippen LogP contribution < -0.4 is 15.0 Å². The third-order valence-electron chi connectivity index (χ3n) is 5.82. The molecule has 6 heteroatoms. The normalized spacial score (nSPS) is 14.0. The van der Waals surface area contributed by atoms with Gasteiger partial charge in [0.05, 0.1) is 12.8 Å². The second-order valence-electron chi connectivity index (χ2n) is 8.16. The van der Waals surface area contributed by atoms with E-state index in [4.69, 9.17) is 4.74 Å². The van der Waals surface area contributed by atoms with E-state index in [1.54, 1.807) is 7.11 Å². The van der Waals surface area contributed by atoms with Crippen LogP contribution in [0.3, 0.4) is 0 Å². The zero-order valence-corrected chi connectivity index (χ0v) is 18.6. The molecule has 2 aromatic carbocycles. The van der Waals surface area contributed by atoms with Gasteiger partial charge in [0, 0.05) is 30.8 Å². The van der Waals surface area contributed by atoms with Crippen molar-refractivity contribution in [2.45, 2.75) is 38.5 Å². The van der Waals surface area contributed by atoms with Gasteiger partial charge in [0.25, 0.3) is 0 Å². The average molecular weight is 431 g/mol. The molecule has 0 bridgehead atoms. The number of aryl methyl sites for hydroxylation is 1. The van der Waals surface area contributed by atoms with Crippen LogP contribution in [0.2, 0.25) is 0 Å². The Morgan fingerprint density at radius 3 is 2.44 bits per heavy atom. The minimum atomic E-state index is -0.0134. The summed E-state index contributed by atoms with van der Waals surface area (Å²) >= 11 is 0. The summed E-state index contributed by atoms with van der Waals surface area (Å²) in [6, 6.07) is 19.6. The third-order valence-corrected chi connectivity index (χ3v) is 5.82. The summed E-state index contributed by atoms with van der Waals surface area (Å²) in [5.74, 6) is 1.75.